The number of ether oxygens (including phenoxy) is 1. The van der Waals surface area contributed by atoms with Gasteiger partial charge in [0, 0.05) is 78.0 Å². The molecule has 0 atom stereocenters. The molecule has 3 aromatic rings. The zero-order chi connectivity index (χ0) is 27.5. The van der Waals surface area contributed by atoms with Gasteiger partial charge in [0.2, 0.25) is 0 Å². The molecule has 2 aliphatic heterocycles. The zero-order valence-corrected chi connectivity index (χ0v) is 23.6. The molecule has 1 amide bonds. The molecule has 1 saturated heterocycles. The normalized spacial score (nSPS) is 16.2. The van der Waals surface area contributed by atoms with Gasteiger partial charge in [0.25, 0.3) is 5.91 Å². The highest BCUT2D eigenvalue weighted by Gasteiger charge is 2.31. The molecule has 2 aliphatic rings. The van der Waals surface area contributed by atoms with E-state index >= 15 is 0 Å². The van der Waals surface area contributed by atoms with Crippen LogP contribution in [0.2, 0.25) is 5.02 Å². The molecule has 3 heterocycles. The van der Waals surface area contributed by atoms with Crippen LogP contribution in [0.5, 0.6) is 5.75 Å². The molecule has 0 spiro atoms. The lowest BCUT2D eigenvalue weighted by molar-refractivity contribution is -0.0189. The van der Waals surface area contributed by atoms with Crippen LogP contribution in [0.15, 0.2) is 48.8 Å². The van der Waals surface area contributed by atoms with E-state index in [9.17, 15) is 4.79 Å². The van der Waals surface area contributed by atoms with Crippen molar-refractivity contribution in [3.63, 3.8) is 0 Å². The van der Waals surface area contributed by atoms with E-state index in [1.54, 1.807) is 26.6 Å². The highest BCUT2D eigenvalue weighted by atomic mass is 35.5. The van der Waals surface area contributed by atoms with E-state index in [0.717, 1.165) is 61.0 Å². The number of anilines is 3. The lowest BCUT2D eigenvalue weighted by atomic mass is 10.0. The molecule has 1 aromatic heterocycles. The molecule has 5 rings (SSSR count). The predicted molar refractivity (Wildman–Crippen MR) is 154 cm³/mol. The van der Waals surface area contributed by atoms with Gasteiger partial charge < -0.3 is 15.0 Å². The van der Waals surface area contributed by atoms with Crippen LogP contribution in [0.1, 0.15) is 21.6 Å². The highest BCUT2D eigenvalue weighted by molar-refractivity contribution is 6.35. The minimum Gasteiger partial charge on any atom is -0.495 e. The van der Waals surface area contributed by atoms with Crippen LogP contribution in [-0.4, -0.2) is 91.9 Å². The van der Waals surface area contributed by atoms with Gasteiger partial charge in [0.05, 0.1) is 24.2 Å². The number of nitrogens with zero attached hydrogens (tertiary/aromatic N) is 7. The number of hydrogen-bond acceptors (Lipinski definition) is 9. The first kappa shape index (κ1) is 27.1. The summed E-state index contributed by atoms with van der Waals surface area (Å²) in [6.45, 7) is 4.79. The van der Waals surface area contributed by atoms with Gasteiger partial charge in [0.1, 0.15) is 17.1 Å². The second-order valence-corrected chi connectivity index (χ2v) is 10.2. The molecule has 0 aliphatic carbocycles. The molecule has 0 radical (unpaired) electrons. The fraction of sp³-hybridized carbons (Fsp3) is 0.393. The molecule has 1 fully saturated rings. The number of piperazine rings is 1. The van der Waals surface area contributed by atoms with Crippen LogP contribution in [0.4, 0.5) is 17.2 Å². The summed E-state index contributed by atoms with van der Waals surface area (Å²) in [5.41, 5.74) is 4.36. The molecule has 10 nitrogen and oxygen atoms in total. The van der Waals surface area contributed by atoms with Gasteiger partial charge in [-0.15, -0.1) is 0 Å². The maximum atomic E-state index is 12.5. The van der Waals surface area contributed by atoms with Gasteiger partial charge in [-0.1, -0.05) is 29.8 Å². The van der Waals surface area contributed by atoms with E-state index in [1.165, 1.54) is 0 Å². The summed E-state index contributed by atoms with van der Waals surface area (Å²) in [6, 6.07) is 13.8. The number of halogens is 1. The van der Waals surface area contributed by atoms with Crippen molar-refractivity contribution >= 4 is 34.7 Å². The van der Waals surface area contributed by atoms with Gasteiger partial charge >= 0.3 is 0 Å². The molecular weight excluding hydrogens is 516 g/mol. The average molecular weight is 551 g/mol. The number of fused-ring (bicyclic) bond motifs is 1. The number of benzene rings is 2. The summed E-state index contributed by atoms with van der Waals surface area (Å²) in [6.07, 6.45) is 2.39. The van der Waals surface area contributed by atoms with Crippen LogP contribution in [0.25, 0.3) is 0 Å². The van der Waals surface area contributed by atoms with Gasteiger partial charge in [-0.05, 0) is 24.3 Å². The topological polar surface area (TPSA) is 80.3 Å². The minimum absolute atomic E-state index is 0.195. The summed E-state index contributed by atoms with van der Waals surface area (Å²) in [5, 5.41) is 12.3. The Morgan fingerprint density at radius 1 is 1.03 bits per heavy atom. The van der Waals surface area contributed by atoms with Gasteiger partial charge in [-0.2, -0.15) is 0 Å². The largest absolute Gasteiger partial charge is 0.495 e. The Morgan fingerprint density at radius 2 is 1.74 bits per heavy atom. The number of para-hydroxylation sites is 1. The number of nitrogens with one attached hydrogen (secondary N) is 1. The summed E-state index contributed by atoms with van der Waals surface area (Å²) in [4.78, 5) is 24.2. The van der Waals surface area contributed by atoms with Crippen molar-refractivity contribution < 1.29 is 9.53 Å². The van der Waals surface area contributed by atoms with Crippen LogP contribution >= 0.6 is 11.6 Å². The number of carbonyl (C=O) groups is 1. The molecule has 206 valence electrons. The quantitative estimate of drug-likeness (QED) is 0.477. The van der Waals surface area contributed by atoms with E-state index < -0.39 is 0 Å². The maximum absolute atomic E-state index is 12.5. The van der Waals surface area contributed by atoms with Crippen molar-refractivity contribution in [2.75, 3.05) is 70.9 Å². The first-order valence-electron chi connectivity index (χ1n) is 13.1. The van der Waals surface area contributed by atoms with Crippen molar-refractivity contribution in [3.8, 4) is 5.75 Å². The molecular formula is C28H35ClN8O2. The summed E-state index contributed by atoms with van der Waals surface area (Å²) in [7, 11) is 7.34. The van der Waals surface area contributed by atoms with E-state index in [1.807, 2.05) is 12.1 Å². The van der Waals surface area contributed by atoms with Crippen molar-refractivity contribution in [2.45, 2.75) is 13.0 Å². The van der Waals surface area contributed by atoms with Crippen molar-refractivity contribution in [1.29, 1.82) is 0 Å². The van der Waals surface area contributed by atoms with Gasteiger partial charge in [-0.3, -0.25) is 9.80 Å². The number of rotatable bonds is 7. The molecule has 1 N–H and O–H groups in total. The Hall–Kier alpha value is -3.44. The first-order chi connectivity index (χ1) is 18.9. The van der Waals surface area contributed by atoms with E-state index in [4.69, 9.17) is 21.3 Å². The lowest BCUT2D eigenvalue weighted by Crippen LogP contribution is -2.55. The molecule has 11 heteroatoms. The Kier molecular flexibility index (Phi) is 8.18. The molecule has 39 heavy (non-hydrogen) atoms. The Balaban J connectivity index is 1.53. The Morgan fingerprint density at radius 3 is 2.41 bits per heavy atom. The minimum atomic E-state index is -0.195. The Bertz CT molecular complexity index is 1310. The molecule has 0 saturated carbocycles. The number of methoxy groups -OCH3 is 1. The zero-order valence-electron chi connectivity index (χ0n) is 22.9. The lowest BCUT2D eigenvalue weighted by Gasteiger charge is -2.44. The van der Waals surface area contributed by atoms with Crippen molar-refractivity contribution in [3.05, 3.63) is 70.6 Å². The van der Waals surface area contributed by atoms with Crippen LogP contribution < -0.4 is 20.0 Å². The SMILES string of the molecule is CNC(=O)c1cc(OC)c(Cl)c(N2CCc3ncnc(N(c4ccccc4)N4CCN(N(C)C)CC4)c3C2)c1. The first-order valence-corrected chi connectivity index (χ1v) is 13.5. The van der Waals surface area contributed by atoms with Crippen LogP contribution in [-0.2, 0) is 13.0 Å². The number of hydrogen-bond donors (Lipinski definition) is 1. The summed E-state index contributed by atoms with van der Waals surface area (Å²) < 4.78 is 5.52. The number of aromatic nitrogens is 2. The third-order valence-corrected chi connectivity index (χ3v) is 7.71. The predicted octanol–water partition coefficient (Wildman–Crippen LogP) is 3.21. The number of amides is 1. The third kappa shape index (κ3) is 5.51. The molecule has 0 bridgehead atoms. The number of hydrazine groups is 2. The standard InChI is InChI=1S/C28H35ClN8O2/c1-30-28(38)20-16-24(26(29)25(17-20)39-4)34-11-10-23-22(18-34)27(32-19-31-23)37(21-8-6-5-7-9-21)36-14-12-35(13-15-36)33(2)3/h5-9,16-17,19H,10-15,18H2,1-4H3,(H,30,38). The van der Waals surface area contributed by atoms with E-state index in [0.29, 0.717) is 29.4 Å². The van der Waals surface area contributed by atoms with Crippen LogP contribution in [0, 0.1) is 0 Å². The monoisotopic (exact) mass is 550 g/mol. The summed E-state index contributed by atoms with van der Waals surface area (Å²) in [5.74, 6) is 1.13. The average Bonchev–Trinajstić information content (AvgIpc) is 2.97. The molecule has 2 aromatic carbocycles. The fourth-order valence-electron chi connectivity index (χ4n) is 5.23. The fourth-order valence-corrected chi connectivity index (χ4v) is 5.53. The third-order valence-electron chi connectivity index (χ3n) is 7.33. The van der Waals surface area contributed by atoms with Crippen molar-refractivity contribution in [1.82, 2.24) is 30.3 Å². The molecule has 0 unspecified atom stereocenters. The second-order valence-electron chi connectivity index (χ2n) is 9.79. The second kappa shape index (κ2) is 11.7. The summed E-state index contributed by atoms with van der Waals surface area (Å²) >= 11 is 6.79. The smallest absolute Gasteiger partial charge is 0.251 e. The van der Waals surface area contributed by atoms with E-state index in [2.05, 4.69) is 73.6 Å². The van der Waals surface area contributed by atoms with Crippen molar-refractivity contribution in [2.24, 2.45) is 0 Å². The maximum Gasteiger partial charge on any atom is 0.251 e. The van der Waals surface area contributed by atoms with E-state index in [-0.39, 0.29) is 5.91 Å². The van der Waals surface area contributed by atoms with Crippen LogP contribution in [0.3, 0.4) is 0 Å². The Labute approximate surface area is 234 Å². The highest BCUT2D eigenvalue weighted by Crippen LogP contribution is 2.40. The van der Waals surface area contributed by atoms with Gasteiger partial charge in [0.15, 0.2) is 5.82 Å². The number of carbonyl (C=O) groups excluding carboxylic acids is 1. The van der Waals surface area contributed by atoms with Gasteiger partial charge in [-0.25, -0.2) is 25.0 Å².